The van der Waals surface area contributed by atoms with E-state index in [0.717, 1.165) is 19.3 Å². The van der Waals surface area contributed by atoms with Crippen LogP contribution in [0.2, 0.25) is 0 Å². The van der Waals surface area contributed by atoms with Crippen LogP contribution in [-0.4, -0.2) is 22.8 Å². The normalized spacial score (nSPS) is 16.1. The average Bonchev–Trinajstić information content (AvgIpc) is 2.14. The zero-order valence-corrected chi connectivity index (χ0v) is 10.7. The first kappa shape index (κ1) is 14.7. The van der Waals surface area contributed by atoms with Gasteiger partial charge in [0, 0.05) is 11.6 Å². The molecule has 15 heavy (non-hydrogen) atoms. The van der Waals surface area contributed by atoms with E-state index in [4.69, 9.17) is 0 Å². The maximum absolute atomic E-state index is 9.64. The lowest BCUT2D eigenvalue weighted by Gasteiger charge is -2.34. The average molecular weight is 213 g/mol. The topological polar surface area (TPSA) is 32.3 Å². The highest BCUT2D eigenvalue weighted by molar-refractivity contribution is 4.87. The summed E-state index contributed by atoms with van der Waals surface area (Å²) in [5.41, 5.74) is -0.207. The molecule has 0 aliphatic rings. The van der Waals surface area contributed by atoms with Crippen molar-refractivity contribution < 1.29 is 5.11 Å². The first-order chi connectivity index (χ1) is 6.94. The van der Waals surface area contributed by atoms with Crippen LogP contribution in [0.15, 0.2) is 12.7 Å². The molecule has 2 heteroatoms. The molecular formula is C13H27NO. The number of allylic oxidation sites excluding steroid dienone is 1. The Bertz CT molecular complexity index is 175. The Hall–Kier alpha value is -0.340. The Morgan fingerprint density at radius 3 is 2.40 bits per heavy atom. The highest BCUT2D eigenvalue weighted by atomic mass is 16.3. The lowest BCUT2D eigenvalue weighted by Crippen LogP contribution is -2.52. The molecule has 0 heterocycles. The number of aliphatic hydroxyl groups excluding tert-OH is 1. The predicted molar refractivity (Wildman–Crippen MR) is 67.0 cm³/mol. The van der Waals surface area contributed by atoms with Gasteiger partial charge in [-0.3, -0.25) is 0 Å². The summed E-state index contributed by atoms with van der Waals surface area (Å²) in [6.07, 6.45) is 6.09. The SMILES string of the molecule is C=CCCC(CCC)NC(C)(C)C(C)O. The molecule has 0 aromatic carbocycles. The fourth-order valence-electron chi connectivity index (χ4n) is 1.60. The van der Waals surface area contributed by atoms with Crippen LogP contribution < -0.4 is 5.32 Å². The lowest BCUT2D eigenvalue weighted by molar-refractivity contribution is 0.0858. The molecule has 2 nitrogen and oxygen atoms in total. The first-order valence-electron chi connectivity index (χ1n) is 6.00. The third kappa shape index (κ3) is 5.95. The third-order valence-electron chi connectivity index (χ3n) is 2.98. The van der Waals surface area contributed by atoms with Crippen molar-refractivity contribution in [1.82, 2.24) is 5.32 Å². The largest absolute Gasteiger partial charge is 0.392 e. The summed E-state index contributed by atoms with van der Waals surface area (Å²) >= 11 is 0. The van der Waals surface area contributed by atoms with Crippen molar-refractivity contribution in [2.45, 2.75) is 71.1 Å². The maximum Gasteiger partial charge on any atom is 0.0688 e. The molecule has 0 rings (SSSR count). The molecule has 0 aliphatic heterocycles. The number of nitrogens with one attached hydrogen (secondary N) is 1. The van der Waals surface area contributed by atoms with E-state index < -0.39 is 0 Å². The van der Waals surface area contributed by atoms with Gasteiger partial charge in [-0.2, -0.15) is 0 Å². The van der Waals surface area contributed by atoms with E-state index in [1.54, 1.807) is 0 Å². The third-order valence-corrected chi connectivity index (χ3v) is 2.98. The minimum absolute atomic E-state index is 0.207. The molecule has 0 saturated heterocycles. The van der Waals surface area contributed by atoms with Gasteiger partial charge < -0.3 is 10.4 Å². The van der Waals surface area contributed by atoms with Crippen LogP contribution in [-0.2, 0) is 0 Å². The molecule has 2 atom stereocenters. The van der Waals surface area contributed by atoms with Gasteiger partial charge in [0.05, 0.1) is 6.10 Å². The molecule has 0 fully saturated rings. The highest BCUT2D eigenvalue weighted by Crippen LogP contribution is 2.14. The summed E-state index contributed by atoms with van der Waals surface area (Å²) in [6.45, 7) is 11.9. The summed E-state index contributed by atoms with van der Waals surface area (Å²) in [4.78, 5) is 0. The molecule has 2 N–H and O–H groups in total. The summed E-state index contributed by atoms with van der Waals surface area (Å²) in [5, 5.41) is 13.2. The van der Waals surface area contributed by atoms with Gasteiger partial charge in [0.1, 0.15) is 0 Å². The molecule has 0 bridgehead atoms. The van der Waals surface area contributed by atoms with E-state index in [1.165, 1.54) is 6.42 Å². The van der Waals surface area contributed by atoms with Crippen molar-refractivity contribution in [2.75, 3.05) is 0 Å². The van der Waals surface area contributed by atoms with E-state index in [0.29, 0.717) is 6.04 Å². The number of hydrogen-bond donors (Lipinski definition) is 2. The molecule has 90 valence electrons. The maximum atomic E-state index is 9.64. The van der Waals surface area contributed by atoms with Crippen LogP contribution in [0.4, 0.5) is 0 Å². The van der Waals surface area contributed by atoms with Crippen molar-refractivity contribution in [2.24, 2.45) is 0 Å². The van der Waals surface area contributed by atoms with Crippen LogP contribution in [0.3, 0.4) is 0 Å². The second-order valence-corrected chi connectivity index (χ2v) is 4.89. The fourth-order valence-corrected chi connectivity index (χ4v) is 1.60. The molecule has 0 amide bonds. The molecule has 0 aromatic rings. The minimum atomic E-state index is -0.333. The minimum Gasteiger partial charge on any atom is -0.392 e. The van der Waals surface area contributed by atoms with Crippen molar-refractivity contribution in [3.63, 3.8) is 0 Å². The fraction of sp³-hybridized carbons (Fsp3) is 0.846. The lowest BCUT2D eigenvalue weighted by atomic mass is 9.95. The van der Waals surface area contributed by atoms with Crippen molar-refractivity contribution in [1.29, 1.82) is 0 Å². The summed E-state index contributed by atoms with van der Waals surface area (Å²) in [5.74, 6) is 0. The van der Waals surface area contributed by atoms with Crippen molar-refractivity contribution in [3.8, 4) is 0 Å². The van der Waals surface area contributed by atoms with Crippen LogP contribution in [0.1, 0.15) is 53.4 Å². The molecular weight excluding hydrogens is 186 g/mol. The number of hydrogen-bond acceptors (Lipinski definition) is 2. The van der Waals surface area contributed by atoms with Gasteiger partial charge in [0.15, 0.2) is 0 Å². The van der Waals surface area contributed by atoms with Crippen molar-refractivity contribution >= 4 is 0 Å². The molecule has 2 unspecified atom stereocenters. The predicted octanol–water partition coefficient (Wildman–Crippen LogP) is 2.87. The van der Waals surface area contributed by atoms with E-state index in [-0.39, 0.29) is 11.6 Å². The van der Waals surface area contributed by atoms with Gasteiger partial charge >= 0.3 is 0 Å². The monoisotopic (exact) mass is 213 g/mol. The first-order valence-corrected chi connectivity index (χ1v) is 6.00. The van der Waals surface area contributed by atoms with Gasteiger partial charge in [0.25, 0.3) is 0 Å². The molecule has 0 saturated carbocycles. The Kier molecular flexibility index (Phi) is 6.86. The Morgan fingerprint density at radius 2 is 2.00 bits per heavy atom. The second-order valence-electron chi connectivity index (χ2n) is 4.89. The van der Waals surface area contributed by atoms with Gasteiger partial charge in [-0.15, -0.1) is 6.58 Å². The zero-order valence-electron chi connectivity index (χ0n) is 10.7. The molecule has 0 spiro atoms. The zero-order chi connectivity index (χ0) is 11.9. The summed E-state index contributed by atoms with van der Waals surface area (Å²) in [7, 11) is 0. The van der Waals surface area contributed by atoms with Crippen molar-refractivity contribution in [3.05, 3.63) is 12.7 Å². The van der Waals surface area contributed by atoms with Gasteiger partial charge in [-0.05, 0) is 40.0 Å². The Labute approximate surface area is 94.8 Å². The van der Waals surface area contributed by atoms with E-state index >= 15 is 0 Å². The second kappa shape index (κ2) is 7.02. The Balaban J connectivity index is 4.19. The van der Waals surface area contributed by atoms with Crippen LogP contribution in [0.5, 0.6) is 0 Å². The van der Waals surface area contributed by atoms with Crippen LogP contribution in [0, 0.1) is 0 Å². The standard InChI is InChI=1S/C13H27NO/c1-6-8-10-12(9-7-2)14-13(4,5)11(3)15/h6,11-12,14-15H,1,7-10H2,2-5H3. The van der Waals surface area contributed by atoms with Gasteiger partial charge in [-0.1, -0.05) is 19.4 Å². The van der Waals surface area contributed by atoms with Crippen LogP contribution >= 0.6 is 0 Å². The van der Waals surface area contributed by atoms with E-state index in [9.17, 15) is 5.11 Å². The summed E-state index contributed by atoms with van der Waals surface area (Å²) < 4.78 is 0. The molecule has 0 aliphatic carbocycles. The number of aliphatic hydroxyl groups is 1. The van der Waals surface area contributed by atoms with Gasteiger partial charge in [0.2, 0.25) is 0 Å². The molecule has 0 radical (unpaired) electrons. The van der Waals surface area contributed by atoms with Crippen LogP contribution in [0.25, 0.3) is 0 Å². The van der Waals surface area contributed by atoms with E-state index in [2.05, 4.69) is 18.8 Å². The quantitative estimate of drug-likeness (QED) is 0.608. The number of rotatable bonds is 8. The smallest absolute Gasteiger partial charge is 0.0688 e. The summed E-state index contributed by atoms with van der Waals surface area (Å²) in [6, 6.07) is 0.484. The highest BCUT2D eigenvalue weighted by Gasteiger charge is 2.26. The van der Waals surface area contributed by atoms with E-state index in [1.807, 2.05) is 26.8 Å². The Morgan fingerprint density at radius 1 is 1.40 bits per heavy atom. The molecule has 0 aromatic heterocycles. The van der Waals surface area contributed by atoms with Gasteiger partial charge in [-0.25, -0.2) is 0 Å².